The predicted molar refractivity (Wildman–Crippen MR) is 167 cm³/mol. The van der Waals surface area contributed by atoms with Crippen molar-refractivity contribution in [2.24, 2.45) is 0 Å². The van der Waals surface area contributed by atoms with Gasteiger partial charge in [0.15, 0.2) is 11.4 Å². The van der Waals surface area contributed by atoms with E-state index in [2.05, 4.69) is 26.4 Å². The van der Waals surface area contributed by atoms with Crippen molar-refractivity contribution in [1.82, 2.24) is 34.2 Å². The zero-order valence-corrected chi connectivity index (χ0v) is 25.7. The Morgan fingerprint density at radius 1 is 1.19 bits per heavy atom. The summed E-state index contributed by atoms with van der Waals surface area (Å²) in [6.45, 7) is 13.1. The molecule has 3 aromatic rings. The number of amides is 1. The monoisotopic (exact) mass is 586 g/mol. The summed E-state index contributed by atoms with van der Waals surface area (Å²) in [5, 5.41) is 12.5. The van der Waals surface area contributed by atoms with Crippen LogP contribution < -0.4 is 5.32 Å². The topological polar surface area (TPSA) is 110 Å². The lowest BCUT2D eigenvalue weighted by Gasteiger charge is -2.47. The first-order valence-electron chi connectivity index (χ1n) is 15.0. The average molecular weight is 587 g/mol. The number of nitrogens with one attached hydrogen (secondary N) is 1. The molecule has 0 spiro atoms. The summed E-state index contributed by atoms with van der Waals surface area (Å²) < 4.78 is 8.92. The van der Waals surface area contributed by atoms with Crippen molar-refractivity contribution < 1.29 is 14.3 Å². The van der Waals surface area contributed by atoms with Crippen LogP contribution in [0.25, 0.3) is 11.8 Å². The number of allylic oxidation sites excluding steroid dienone is 5. The highest BCUT2D eigenvalue weighted by Gasteiger charge is 2.38. The number of Topliss-reactive ketones (excluding diaryl/α,β-unsaturated/α-hetero) is 1. The van der Waals surface area contributed by atoms with Gasteiger partial charge in [-0.3, -0.25) is 9.69 Å². The van der Waals surface area contributed by atoms with Gasteiger partial charge in [-0.15, -0.1) is 0 Å². The van der Waals surface area contributed by atoms with Gasteiger partial charge in [0.2, 0.25) is 0 Å². The number of hydrogen-bond acceptors (Lipinski definition) is 8. The maximum atomic E-state index is 13.1. The number of carbonyl (C=O) groups is 2. The fourth-order valence-electron chi connectivity index (χ4n) is 5.47. The number of carbonyl (C=O) groups excluding carboxylic acids is 2. The second-order valence-corrected chi connectivity index (χ2v) is 12.2. The maximum absolute atomic E-state index is 13.1. The van der Waals surface area contributed by atoms with Crippen LogP contribution in [0.4, 0.5) is 10.6 Å². The van der Waals surface area contributed by atoms with Crippen LogP contribution in [0, 0.1) is 0 Å². The Balaban J connectivity index is 1.23. The largest absolute Gasteiger partial charge is 0.444 e. The van der Waals surface area contributed by atoms with Crippen LogP contribution in [0.5, 0.6) is 0 Å². The maximum Gasteiger partial charge on any atom is 0.410 e. The predicted octanol–water partition coefficient (Wildman–Crippen LogP) is 5.01. The molecule has 0 aliphatic carbocycles. The van der Waals surface area contributed by atoms with E-state index in [9.17, 15) is 9.59 Å². The molecule has 0 unspecified atom stereocenters. The van der Waals surface area contributed by atoms with E-state index >= 15 is 0 Å². The number of ketones is 1. The molecule has 2 saturated heterocycles. The van der Waals surface area contributed by atoms with E-state index in [0.717, 1.165) is 43.0 Å². The highest BCUT2D eigenvalue weighted by Crippen LogP contribution is 2.31. The molecule has 11 nitrogen and oxygen atoms in total. The molecule has 0 atom stereocenters. The minimum atomic E-state index is -0.479. The van der Waals surface area contributed by atoms with Crippen molar-refractivity contribution in [1.29, 1.82) is 0 Å². The molecule has 0 radical (unpaired) electrons. The van der Waals surface area contributed by atoms with E-state index in [1.807, 2.05) is 69.8 Å². The molecule has 5 heterocycles. The van der Waals surface area contributed by atoms with Gasteiger partial charge in [0.1, 0.15) is 11.4 Å². The Morgan fingerprint density at radius 3 is 2.67 bits per heavy atom. The van der Waals surface area contributed by atoms with Gasteiger partial charge < -0.3 is 15.0 Å². The van der Waals surface area contributed by atoms with Crippen LogP contribution in [-0.4, -0.2) is 90.4 Å². The fourth-order valence-corrected chi connectivity index (χ4v) is 5.47. The first kappa shape index (κ1) is 30.2. The zero-order chi connectivity index (χ0) is 30.6. The molecule has 11 heteroatoms. The van der Waals surface area contributed by atoms with E-state index in [1.54, 1.807) is 34.1 Å². The number of piperidine rings is 1. The van der Waals surface area contributed by atoms with E-state index in [-0.39, 0.29) is 18.4 Å². The number of hydrogen-bond donors (Lipinski definition) is 1. The number of ether oxygens (including phenoxy) is 1. The van der Waals surface area contributed by atoms with Crippen molar-refractivity contribution in [3.8, 4) is 0 Å². The molecule has 228 valence electrons. The van der Waals surface area contributed by atoms with Gasteiger partial charge in [-0.25, -0.2) is 19.0 Å². The summed E-state index contributed by atoms with van der Waals surface area (Å²) in [7, 11) is 0. The number of fused-ring (bicyclic) bond motifs is 1. The van der Waals surface area contributed by atoms with E-state index in [1.165, 1.54) is 0 Å². The fraction of sp³-hybridized carbons (Fsp3) is 0.469. The highest BCUT2D eigenvalue weighted by molar-refractivity contribution is 6.03. The van der Waals surface area contributed by atoms with Gasteiger partial charge in [0.25, 0.3) is 0 Å². The number of aromatic nitrogens is 5. The van der Waals surface area contributed by atoms with Gasteiger partial charge in [0, 0.05) is 49.7 Å². The molecule has 0 saturated carbocycles. The molecular weight excluding hydrogens is 544 g/mol. The minimum absolute atomic E-state index is 0.0926. The van der Waals surface area contributed by atoms with Gasteiger partial charge in [0.05, 0.1) is 24.0 Å². The van der Waals surface area contributed by atoms with Crippen LogP contribution in [0.1, 0.15) is 69.4 Å². The Hall–Kier alpha value is -4.25. The lowest BCUT2D eigenvalue weighted by Crippen LogP contribution is -2.62. The van der Waals surface area contributed by atoms with Gasteiger partial charge in [-0.1, -0.05) is 23.8 Å². The lowest BCUT2D eigenvalue weighted by molar-refractivity contribution is -0.0197. The second-order valence-electron chi connectivity index (χ2n) is 12.2. The molecule has 0 aromatic carbocycles. The van der Waals surface area contributed by atoms with Gasteiger partial charge in [-0.2, -0.15) is 10.2 Å². The average Bonchev–Trinajstić information content (AvgIpc) is 3.55. The van der Waals surface area contributed by atoms with E-state index < -0.39 is 5.60 Å². The quantitative estimate of drug-likeness (QED) is 0.275. The van der Waals surface area contributed by atoms with Crippen LogP contribution in [0.2, 0.25) is 0 Å². The second kappa shape index (κ2) is 12.9. The molecule has 2 aliphatic heterocycles. The molecule has 2 aliphatic rings. The van der Waals surface area contributed by atoms with E-state index in [0.29, 0.717) is 36.3 Å². The van der Waals surface area contributed by atoms with Gasteiger partial charge >= 0.3 is 6.09 Å². The molecule has 3 aromatic heterocycles. The lowest BCUT2D eigenvalue weighted by atomic mass is 9.91. The normalized spacial score (nSPS) is 17.7. The summed E-state index contributed by atoms with van der Waals surface area (Å²) in [5.74, 6) is 0.980. The third-order valence-electron chi connectivity index (χ3n) is 7.76. The summed E-state index contributed by atoms with van der Waals surface area (Å²) in [6.07, 6.45) is 16.7. The third-order valence-corrected chi connectivity index (χ3v) is 7.76. The highest BCUT2D eigenvalue weighted by atomic mass is 16.6. The Kier molecular flexibility index (Phi) is 9.10. The number of likely N-dealkylation sites (tertiary alicyclic amines) is 2. The van der Waals surface area contributed by atoms with Crippen molar-refractivity contribution >= 4 is 29.5 Å². The number of rotatable bonds is 9. The zero-order valence-electron chi connectivity index (χ0n) is 25.7. The van der Waals surface area contributed by atoms with Crippen molar-refractivity contribution in [3.63, 3.8) is 0 Å². The molecule has 2 fully saturated rings. The number of nitrogens with zero attached hydrogens (tertiary/aromatic N) is 7. The van der Waals surface area contributed by atoms with Gasteiger partial charge in [-0.05, 0) is 72.7 Å². The summed E-state index contributed by atoms with van der Waals surface area (Å²) >= 11 is 0. The van der Waals surface area contributed by atoms with Crippen LogP contribution in [0.15, 0.2) is 60.6 Å². The molecular formula is C32H42N8O3. The summed E-state index contributed by atoms with van der Waals surface area (Å²) in [5.41, 5.74) is 2.68. The molecule has 1 N–H and O–H groups in total. The first-order valence-corrected chi connectivity index (χ1v) is 15.0. The van der Waals surface area contributed by atoms with Crippen molar-refractivity contribution in [3.05, 3.63) is 71.9 Å². The van der Waals surface area contributed by atoms with E-state index in [4.69, 9.17) is 9.84 Å². The van der Waals surface area contributed by atoms with Crippen LogP contribution >= 0.6 is 0 Å². The molecule has 5 rings (SSSR count). The van der Waals surface area contributed by atoms with Crippen molar-refractivity contribution in [2.75, 3.05) is 38.0 Å². The Morgan fingerprint density at radius 2 is 1.95 bits per heavy atom. The Labute approximate surface area is 252 Å². The third kappa shape index (κ3) is 7.40. The number of anilines is 1. The molecule has 1 amide bonds. The molecule has 0 bridgehead atoms. The smallest absolute Gasteiger partial charge is 0.410 e. The summed E-state index contributed by atoms with van der Waals surface area (Å²) in [6, 6.07) is 4.21. The minimum Gasteiger partial charge on any atom is -0.444 e. The standard InChI is InChI=1S/C32H42N8O3/c1-6-9-23(2)10-7-14-39-29(34-20-28(41)26-19-35-40-15-8-13-33-30(26)40)18-27(36-39)24-11-16-37(17-12-24)25-21-38(22-25)31(42)43-32(3,4)5/h6-10,13-15,18-19,24-25,34H,11-12,16-17,20-22H2,1-5H3/b9-6-,14-7+,23-10-. The SMILES string of the molecule is C\C=C/C(C)=C\C=C\n1nc(C2CCN(C3CN(C(=O)OC(C)(C)C)C3)CC2)cc1NCC(=O)c1cnn2cccnc12. The van der Waals surface area contributed by atoms with Crippen LogP contribution in [-0.2, 0) is 4.74 Å². The Bertz CT molecular complexity index is 1530. The molecule has 43 heavy (non-hydrogen) atoms. The van der Waals surface area contributed by atoms with Crippen molar-refractivity contribution in [2.45, 2.75) is 65.0 Å². The first-order chi connectivity index (χ1) is 20.6. The van der Waals surface area contributed by atoms with Crippen LogP contribution in [0.3, 0.4) is 0 Å². The summed E-state index contributed by atoms with van der Waals surface area (Å²) in [4.78, 5) is 34.0.